The molecule has 3 aliphatic heterocycles. The lowest BCUT2D eigenvalue weighted by molar-refractivity contribution is -0.137. The molecule has 9 rings (SSSR count). The molecular weight excluding hydrogens is 745 g/mol. The number of H-pyrrole nitrogens is 2. The minimum Gasteiger partial charge on any atom is -0.508 e. The summed E-state index contributed by atoms with van der Waals surface area (Å²) in [6, 6.07) is 29.3. The molecule has 0 radical (unpaired) electrons. The molecule has 5 N–H and O–H groups in total. The SMILES string of the molecule is CN(C(=O)O)[C@@H](C(=O)N1CCC[C@H]1c1ncc(-c2ccc(-c3ccc(-c4cnc([C@@H]5CCCN5C(=O)[C@@H]5Cc6ccc(O)cc6CN5)[nH]4)cc3)cc2)[nH]1)c1ccccc1. The molecular formula is C46H46N8O5. The van der Waals surface area contributed by atoms with Gasteiger partial charge < -0.3 is 35.3 Å². The molecule has 300 valence electrons. The maximum absolute atomic E-state index is 14.0. The number of imidazole rings is 2. The first-order valence-corrected chi connectivity index (χ1v) is 20.2. The van der Waals surface area contributed by atoms with E-state index in [2.05, 4.69) is 51.7 Å². The number of aromatic hydroxyl groups is 1. The third-order valence-corrected chi connectivity index (χ3v) is 12.1. The second-order valence-electron chi connectivity index (χ2n) is 15.7. The Morgan fingerprint density at radius 2 is 1.29 bits per heavy atom. The summed E-state index contributed by atoms with van der Waals surface area (Å²) in [6.07, 6.45) is 6.35. The van der Waals surface area contributed by atoms with Crippen LogP contribution in [-0.4, -0.2) is 88.9 Å². The molecule has 2 aromatic heterocycles. The number of nitrogens with zero attached hydrogens (tertiary/aromatic N) is 5. The summed E-state index contributed by atoms with van der Waals surface area (Å²) in [6.45, 7) is 1.76. The van der Waals surface area contributed by atoms with Gasteiger partial charge in [-0.15, -0.1) is 0 Å². The molecule has 0 spiro atoms. The molecule has 59 heavy (non-hydrogen) atoms. The van der Waals surface area contributed by atoms with Crippen LogP contribution in [0.3, 0.4) is 0 Å². The smallest absolute Gasteiger partial charge is 0.407 e. The van der Waals surface area contributed by atoms with Gasteiger partial charge >= 0.3 is 6.09 Å². The van der Waals surface area contributed by atoms with Crippen molar-refractivity contribution in [2.24, 2.45) is 0 Å². The molecule has 0 saturated carbocycles. The number of phenolic OH excluding ortho intramolecular Hbond substituents is 1. The number of carboxylic acid groups (broad SMARTS) is 1. The summed E-state index contributed by atoms with van der Waals surface area (Å²) >= 11 is 0. The fourth-order valence-corrected chi connectivity index (χ4v) is 8.93. The van der Waals surface area contributed by atoms with Gasteiger partial charge in [0.2, 0.25) is 5.91 Å². The molecule has 2 fully saturated rings. The quantitative estimate of drug-likeness (QED) is 0.102. The Bertz CT molecular complexity index is 2480. The van der Waals surface area contributed by atoms with Crippen molar-refractivity contribution in [1.82, 2.24) is 40.0 Å². The first-order chi connectivity index (χ1) is 28.7. The van der Waals surface area contributed by atoms with E-state index in [1.807, 2.05) is 47.5 Å². The number of carbonyl (C=O) groups is 3. The number of rotatable bonds is 9. The van der Waals surface area contributed by atoms with Gasteiger partial charge in [0.05, 0.1) is 41.9 Å². The van der Waals surface area contributed by atoms with Crippen LogP contribution < -0.4 is 5.32 Å². The number of hydrogen-bond acceptors (Lipinski definition) is 7. The van der Waals surface area contributed by atoms with E-state index in [4.69, 9.17) is 9.97 Å². The van der Waals surface area contributed by atoms with Gasteiger partial charge in [-0.05, 0) is 83.2 Å². The van der Waals surface area contributed by atoms with E-state index in [-0.39, 0.29) is 35.7 Å². The first-order valence-electron chi connectivity index (χ1n) is 20.2. The summed E-state index contributed by atoms with van der Waals surface area (Å²) in [5.74, 6) is 1.53. The second-order valence-corrected chi connectivity index (χ2v) is 15.7. The van der Waals surface area contributed by atoms with Crippen molar-refractivity contribution in [3.63, 3.8) is 0 Å². The van der Waals surface area contributed by atoms with Crippen molar-refractivity contribution in [2.75, 3.05) is 20.1 Å². The van der Waals surface area contributed by atoms with Crippen LogP contribution in [0.1, 0.15) is 72.1 Å². The van der Waals surface area contributed by atoms with Gasteiger partial charge in [-0.1, -0.05) is 84.9 Å². The van der Waals surface area contributed by atoms with Gasteiger partial charge in [0.1, 0.15) is 23.4 Å². The van der Waals surface area contributed by atoms with E-state index in [9.17, 15) is 24.6 Å². The van der Waals surface area contributed by atoms with Gasteiger partial charge in [-0.25, -0.2) is 14.8 Å². The monoisotopic (exact) mass is 790 g/mol. The Morgan fingerprint density at radius 3 is 1.88 bits per heavy atom. The lowest BCUT2D eigenvalue weighted by Crippen LogP contribution is -2.49. The first kappa shape index (κ1) is 37.8. The Hall–Kier alpha value is -6.73. The van der Waals surface area contributed by atoms with Gasteiger partial charge in [-0.2, -0.15) is 0 Å². The van der Waals surface area contributed by atoms with Crippen molar-refractivity contribution in [3.8, 4) is 39.4 Å². The highest BCUT2D eigenvalue weighted by Gasteiger charge is 2.40. The number of benzene rings is 4. The number of aromatic nitrogens is 4. The average molecular weight is 791 g/mol. The summed E-state index contributed by atoms with van der Waals surface area (Å²) in [5.41, 5.74) is 8.56. The number of carbonyl (C=O) groups excluding carboxylic acids is 2. The van der Waals surface area contributed by atoms with Crippen molar-refractivity contribution in [3.05, 3.63) is 138 Å². The van der Waals surface area contributed by atoms with Crippen LogP contribution in [0.15, 0.2) is 109 Å². The minimum atomic E-state index is -1.17. The van der Waals surface area contributed by atoms with Crippen LogP contribution in [0, 0.1) is 0 Å². The molecule has 0 bridgehead atoms. The Labute approximate surface area is 341 Å². The number of fused-ring (bicyclic) bond motifs is 1. The fraction of sp³-hybridized carbons (Fsp3) is 0.283. The lowest BCUT2D eigenvalue weighted by atomic mass is 9.94. The Morgan fingerprint density at radius 1 is 0.729 bits per heavy atom. The average Bonchev–Trinajstić information content (AvgIpc) is 4.11. The molecule has 3 aliphatic rings. The molecule has 4 atom stereocenters. The maximum atomic E-state index is 14.0. The van der Waals surface area contributed by atoms with Crippen LogP contribution in [0.2, 0.25) is 0 Å². The zero-order chi connectivity index (χ0) is 40.6. The van der Waals surface area contributed by atoms with Gasteiger partial charge in [0.15, 0.2) is 0 Å². The summed E-state index contributed by atoms with van der Waals surface area (Å²) < 4.78 is 0. The molecule has 3 amide bonds. The Kier molecular flexibility index (Phi) is 10.2. The third-order valence-electron chi connectivity index (χ3n) is 12.1. The normalized spacial score (nSPS) is 19.4. The lowest BCUT2D eigenvalue weighted by Gasteiger charge is -2.32. The number of likely N-dealkylation sites (N-methyl/N-ethyl adjacent to an activating group) is 1. The number of phenols is 1. The highest BCUT2D eigenvalue weighted by Crippen LogP contribution is 2.37. The third kappa shape index (κ3) is 7.45. The standard InChI is InChI=1S/C46H46N8O5/c1-52(46(58)59)41(32-7-3-2-4-8-32)45(57)54-22-6-10-40(54)43-49-27-38(51-43)31-17-13-29(14-18-31)28-11-15-30(16-12-28)37-26-48-42(50-37)39-9-5-21-53(39)44(56)36-24-33-19-20-35(55)23-34(33)25-47-36/h2-4,7-8,11-20,23,26-27,36,39-41,47,55H,5-6,9-10,21-22,24-25H2,1H3,(H,48,50)(H,49,51)(H,58,59)/t36-,39-,40-,41+/m0/s1. The predicted molar refractivity (Wildman–Crippen MR) is 222 cm³/mol. The number of hydrogen-bond donors (Lipinski definition) is 5. The molecule has 2 saturated heterocycles. The van der Waals surface area contributed by atoms with E-state index < -0.39 is 12.1 Å². The molecule has 0 unspecified atom stereocenters. The molecule has 13 heteroatoms. The van der Waals surface area contributed by atoms with Crippen molar-refractivity contribution < 1.29 is 24.6 Å². The number of amides is 3. The van der Waals surface area contributed by atoms with Crippen LogP contribution in [0.4, 0.5) is 4.79 Å². The van der Waals surface area contributed by atoms with Gasteiger partial charge in [0, 0.05) is 26.7 Å². The largest absolute Gasteiger partial charge is 0.508 e. The van der Waals surface area contributed by atoms with Crippen LogP contribution in [0.25, 0.3) is 33.6 Å². The van der Waals surface area contributed by atoms with E-state index in [1.165, 1.54) is 7.05 Å². The number of nitrogens with one attached hydrogen (secondary N) is 3. The van der Waals surface area contributed by atoms with Crippen molar-refractivity contribution in [1.29, 1.82) is 0 Å². The van der Waals surface area contributed by atoms with Gasteiger partial charge in [0.25, 0.3) is 5.91 Å². The Balaban J connectivity index is 0.849. The van der Waals surface area contributed by atoms with E-state index in [0.29, 0.717) is 37.4 Å². The fourth-order valence-electron chi connectivity index (χ4n) is 8.93. The van der Waals surface area contributed by atoms with Gasteiger partial charge in [-0.3, -0.25) is 14.5 Å². The van der Waals surface area contributed by atoms with Crippen molar-refractivity contribution in [2.45, 2.75) is 62.8 Å². The van der Waals surface area contributed by atoms with Crippen LogP contribution >= 0.6 is 0 Å². The van der Waals surface area contributed by atoms with E-state index in [1.54, 1.807) is 35.4 Å². The molecule has 5 heterocycles. The van der Waals surface area contributed by atoms with Crippen molar-refractivity contribution >= 4 is 17.9 Å². The zero-order valence-corrected chi connectivity index (χ0v) is 32.7. The zero-order valence-electron chi connectivity index (χ0n) is 32.7. The minimum absolute atomic E-state index is 0.0832. The van der Waals surface area contributed by atoms with E-state index >= 15 is 0 Å². The number of likely N-dealkylation sites (tertiary alicyclic amines) is 2. The predicted octanol–water partition coefficient (Wildman–Crippen LogP) is 7.23. The molecule has 13 nitrogen and oxygen atoms in total. The number of aromatic amines is 2. The van der Waals surface area contributed by atoms with E-state index in [0.717, 1.165) is 81.2 Å². The molecule has 0 aliphatic carbocycles. The summed E-state index contributed by atoms with van der Waals surface area (Å²) in [7, 11) is 1.43. The highest BCUT2D eigenvalue weighted by molar-refractivity contribution is 5.87. The van der Waals surface area contributed by atoms with Crippen LogP contribution in [0.5, 0.6) is 5.75 Å². The summed E-state index contributed by atoms with van der Waals surface area (Å²) in [5, 5.41) is 23.0. The highest BCUT2D eigenvalue weighted by atomic mass is 16.4. The maximum Gasteiger partial charge on any atom is 0.407 e. The summed E-state index contributed by atoms with van der Waals surface area (Å²) in [4.78, 5) is 60.9. The topological polar surface area (TPSA) is 171 Å². The van der Waals surface area contributed by atoms with Crippen LogP contribution in [-0.2, 0) is 22.6 Å². The molecule has 4 aromatic carbocycles. The second kappa shape index (κ2) is 15.9. The molecule has 6 aromatic rings.